The van der Waals surface area contributed by atoms with Crippen molar-refractivity contribution in [1.82, 2.24) is 0 Å². The minimum absolute atomic E-state index is 0.00187. The summed E-state index contributed by atoms with van der Waals surface area (Å²) in [6.45, 7) is 0.177. The number of rotatable bonds is 1. The molecule has 3 aliphatic rings. The third-order valence-corrected chi connectivity index (χ3v) is 5.04. The van der Waals surface area contributed by atoms with Gasteiger partial charge in [-0.2, -0.15) is 0 Å². The van der Waals surface area contributed by atoms with Crippen LogP contribution in [0.2, 0.25) is 5.02 Å². The number of carbonyl (C=O) groups excluding carboxylic acids is 1. The van der Waals surface area contributed by atoms with E-state index < -0.39 is 0 Å². The summed E-state index contributed by atoms with van der Waals surface area (Å²) in [4.78, 5) is 18.4. The average Bonchev–Trinajstić information content (AvgIpc) is 3.22. The van der Waals surface area contributed by atoms with Crippen LogP contribution in [0.3, 0.4) is 0 Å². The molecule has 2 aliphatic heterocycles. The van der Waals surface area contributed by atoms with E-state index in [0.29, 0.717) is 5.02 Å². The van der Waals surface area contributed by atoms with E-state index in [2.05, 4.69) is 4.99 Å². The summed E-state index contributed by atoms with van der Waals surface area (Å²) >= 11 is 6.18. The molecule has 2 heterocycles. The number of carbonyl (C=O) groups is 1. The Hall–Kier alpha value is -1.39. The lowest BCUT2D eigenvalue weighted by atomic mass is 9.82. The van der Waals surface area contributed by atoms with E-state index >= 15 is 0 Å². The first-order valence-electron chi connectivity index (χ1n) is 7.41. The largest absolute Gasteiger partial charge is 0.359 e. The van der Waals surface area contributed by atoms with Crippen LogP contribution in [0.4, 0.5) is 5.69 Å². The number of hydrogen-bond acceptors (Lipinski definition) is 3. The number of nitrogens with zero attached hydrogens (tertiary/aromatic N) is 2. The molecule has 2 atom stereocenters. The van der Waals surface area contributed by atoms with Gasteiger partial charge >= 0.3 is 0 Å². The fourth-order valence-electron chi connectivity index (χ4n) is 3.60. The van der Waals surface area contributed by atoms with E-state index in [4.69, 9.17) is 16.3 Å². The molecule has 0 spiro atoms. The molecule has 1 aromatic carbocycles. The van der Waals surface area contributed by atoms with Crippen molar-refractivity contribution in [3.8, 4) is 0 Å². The number of ether oxygens (including phenoxy) is 1. The zero-order chi connectivity index (χ0) is 14.6. The second kappa shape index (κ2) is 4.55. The Kier molecular flexibility index (Phi) is 2.88. The van der Waals surface area contributed by atoms with Crippen LogP contribution in [0.5, 0.6) is 0 Å². The number of epoxide rings is 1. The van der Waals surface area contributed by atoms with Crippen molar-refractivity contribution in [2.75, 3.05) is 18.5 Å². The summed E-state index contributed by atoms with van der Waals surface area (Å²) in [6.07, 6.45) is 4.69. The van der Waals surface area contributed by atoms with Gasteiger partial charge in [0.1, 0.15) is 12.1 Å². The van der Waals surface area contributed by atoms with Crippen LogP contribution in [0.15, 0.2) is 23.2 Å². The number of amides is 1. The van der Waals surface area contributed by atoms with E-state index in [-0.39, 0.29) is 24.2 Å². The normalized spacial score (nSPS) is 31.1. The fraction of sp³-hybridized carbons (Fsp3) is 0.500. The molecule has 0 N–H and O–H groups in total. The van der Waals surface area contributed by atoms with Crippen molar-refractivity contribution in [3.05, 3.63) is 28.8 Å². The molecule has 1 saturated heterocycles. The number of hydrogen-bond donors (Lipinski definition) is 0. The molecule has 0 aromatic heterocycles. The second-order valence-electron chi connectivity index (χ2n) is 6.02. The van der Waals surface area contributed by atoms with Crippen LogP contribution in [-0.4, -0.2) is 36.9 Å². The Labute approximate surface area is 128 Å². The lowest BCUT2D eigenvalue weighted by Gasteiger charge is -2.22. The number of fused-ring (bicyclic) bond motifs is 2. The predicted octanol–water partition coefficient (Wildman–Crippen LogP) is 2.82. The highest BCUT2D eigenvalue weighted by Gasteiger charge is 2.61. The highest BCUT2D eigenvalue weighted by Crippen LogP contribution is 2.51. The number of benzene rings is 1. The number of aliphatic imine (C=N–C) groups is 1. The first kappa shape index (κ1) is 13.3. The second-order valence-corrected chi connectivity index (χ2v) is 6.46. The highest BCUT2D eigenvalue weighted by atomic mass is 35.5. The lowest BCUT2D eigenvalue weighted by molar-refractivity contribution is -0.116. The molecule has 1 saturated carbocycles. The van der Waals surface area contributed by atoms with Gasteiger partial charge in [0.25, 0.3) is 0 Å². The molecular weight excluding hydrogens is 288 g/mol. The molecule has 2 unspecified atom stereocenters. The minimum atomic E-state index is -0.275. The fourth-order valence-corrected chi connectivity index (χ4v) is 3.77. The number of halogens is 1. The van der Waals surface area contributed by atoms with Crippen molar-refractivity contribution in [1.29, 1.82) is 0 Å². The Morgan fingerprint density at radius 2 is 2.29 bits per heavy atom. The van der Waals surface area contributed by atoms with E-state index in [1.165, 1.54) is 6.42 Å². The Balaban J connectivity index is 1.86. The summed E-state index contributed by atoms with van der Waals surface area (Å²) in [5.74, 6) is -0.00187. The average molecular weight is 305 g/mol. The van der Waals surface area contributed by atoms with Gasteiger partial charge in [0.15, 0.2) is 0 Å². The predicted molar refractivity (Wildman–Crippen MR) is 82.3 cm³/mol. The zero-order valence-corrected chi connectivity index (χ0v) is 12.7. The van der Waals surface area contributed by atoms with Crippen LogP contribution in [0.1, 0.15) is 31.2 Å². The van der Waals surface area contributed by atoms with Gasteiger partial charge in [0.05, 0.1) is 17.5 Å². The Bertz CT molecular complexity index is 658. The van der Waals surface area contributed by atoms with Crippen LogP contribution >= 0.6 is 11.6 Å². The molecule has 0 bridgehead atoms. The molecule has 2 fully saturated rings. The van der Waals surface area contributed by atoms with E-state index in [9.17, 15) is 4.79 Å². The maximum atomic E-state index is 12.2. The molecule has 1 amide bonds. The number of likely N-dealkylation sites (N-methyl/N-ethyl adjacent to an activating group) is 1. The smallest absolute Gasteiger partial charge is 0.248 e. The van der Waals surface area contributed by atoms with Gasteiger partial charge in [-0.1, -0.05) is 18.0 Å². The van der Waals surface area contributed by atoms with Gasteiger partial charge in [0, 0.05) is 17.6 Å². The van der Waals surface area contributed by atoms with Crippen molar-refractivity contribution < 1.29 is 9.53 Å². The van der Waals surface area contributed by atoms with Crippen LogP contribution in [-0.2, 0) is 9.53 Å². The first-order valence-corrected chi connectivity index (χ1v) is 7.79. The molecule has 110 valence electrons. The minimum Gasteiger partial charge on any atom is -0.359 e. The summed E-state index contributed by atoms with van der Waals surface area (Å²) in [5.41, 5.74) is 2.46. The molecule has 1 aromatic rings. The van der Waals surface area contributed by atoms with Crippen molar-refractivity contribution in [3.63, 3.8) is 0 Å². The number of anilines is 1. The van der Waals surface area contributed by atoms with Crippen molar-refractivity contribution in [2.24, 2.45) is 4.99 Å². The molecule has 4 rings (SSSR count). The van der Waals surface area contributed by atoms with Crippen molar-refractivity contribution >= 4 is 28.9 Å². The van der Waals surface area contributed by atoms with Gasteiger partial charge in [-0.25, -0.2) is 0 Å². The standard InChI is InChI=1S/C16H17ClN2O2/c1-19-12-6-5-10(17)8-11(12)15(18-9-14(19)20)16-7-3-2-4-13(16)21-16/h5-6,8,13H,2-4,7,9H2,1H3. The van der Waals surface area contributed by atoms with E-state index in [1.807, 2.05) is 18.2 Å². The SMILES string of the molecule is CN1C(=O)CN=C(C23CCCCC2O3)c2cc(Cl)ccc21. The molecule has 4 nitrogen and oxygen atoms in total. The first-order chi connectivity index (χ1) is 10.1. The van der Waals surface area contributed by atoms with Gasteiger partial charge in [0.2, 0.25) is 5.91 Å². The van der Waals surface area contributed by atoms with Gasteiger partial charge < -0.3 is 9.64 Å². The Morgan fingerprint density at radius 3 is 3.10 bits per heavy atom. The number of benzodiazepines with no additional fused rings is 1. The van der Waals surface area contributed by atoms with Gasteiger partial charge in [-0.3, -0.25) is 9.79 Å². The molecule has 21 heavy (non-hydrogen) atoms. The van der Waals surface area contributed by atoms with Crippen LogP contribution < -0.4 is 4.90 Å². The van der Waals surface area contributed by atoms with E-state index in [1.54, 1.807) is 11.9 Å². The summed E-state index contributed by atoms with van der Waals surface area (Å²) < 4.78 is 6.02. The maximum absolute atomic E-state index is 12.2. The molecule has 0 radical (unpaired) electrons. The lowest BCUT2D eigenvalue weighted by Crippen LogP contribution is -2.31. The molecule has 1 aliphatic carbocycles. The van der Waals surface area contributed by atoms with Gasteiger partial charge in [-0.05, 0) is 37.5 Å². The third-order valence-electron chi connectivity index (χ3n) is 4.80. The zero-order valence-electron chi connectivity index (χ0n) is 11.9. The summed E-state index contributed by atoms with van der Waals surface area (Å²) in [6, 6.07) is 5.62. The van der Waals surface area contributed by atoms with Gasteiger partial charge in [-0.15, -0.1) is 0 Å². The van der Waals surface area contributed by atoms with Crippen LogP contribution in [0, 0.1) is 0 Å². The van der Waals surface area contributed by atoms with Crippen molar-refractivity contribution in [2.45, 2.75) is 37.4 Å². The molecular formula is C16H17ClN2O2. The third kappa shape index (κ3) is 1.93. The Morgan fingerprint density at radius 1 is 1.43 bits per heavy atom. The van der Waals surface area contributed by atoms with Crippen LogP contribution in [0.25, 0.3) is 0 Å². The highest BCUT2D eigenvalue weighted by molar-refractivity contribution is 6.31. The quantitative estimate of drug-likeness (QED) is 0.749. The monoisotopic (exact) mass is 304 g/mol. The summed E-state index contributed by atoms with van der Waals surface area (Å²) in [7, 11) is 1.79. The summed E-state index contributed by atoms with van der Waals surface area (Å²) in [5, 5.41) is 0.661. The molecule has 5 heteroatoms. The maximum Gasteiger partial charge on any atom is 0.248 e. The topological polar surface area (TPSA) is 45.2 Å². The van der Waals surface area contributed by atoms with E-state index in [0.717, 1.165) is 36.2 Å².